The van der Waals surface area contributed by atoms with Crippen LogP contribution in [0.3, 0.4) is 0 Å². The van der Waals surface area contributed by atoms with E-state index in [0.29, 0.717) is 19.0 Å². The molecule has 2 heterocycles. The van der Waals surface area contributed by atoms with Gasteiger partial charge in [-0.2, -0.15) is 5.10 Å². The number of hydrogen-bond donors (Lipinski definition) is 2. The minimum Gasteiger partial charge on any atom is -0.494 e. The Bertz CT molecular complexity index is 1650. The summed E-state index contributed by atoms with van der Waals surface area (Å²) in [7, 11) is -2.93. The van der Waals surface area contributed by atoms with Crippen molar-refractivity contribution in [1.29, 1.82) is 0 Å². The molecule has 0 radical (unpaired) electrons. The first-order valence-corrected chi connectivity index (χ1v) is 15.0. The standard InChI is InChI=1S/C29H32N6O3S/c1-39(36,37)16-14-30-13-5-6-15-38-25-10-11-27-26(18-25)29(32-21-31-27)34-24-9-12-28-23(17-24)19-33-35(28)20-22-7-3-2-4-8-22/h2-4,7-12,17-19,21,30H,5-6,13-16,20H2,1H3,(H,31,32,34). The molecule has 0 atom stereocenters. The molecule has 0 saturated heterocycles. The van der Waals surface area contributed by atoms with Gasteiger partial charge >= 0.3 is 0 Å². The van der Waals surface area contributed by atoms with Crippen LogP contribution in [0.4, 0.5) is 11.5 Å². The predicted octanol–water partition coefficient (Wildman–Crippen LogP) is 4.56. The molecule has 5 rings (SSSR count). The number of benzene rings is 3. The smallest absolute Gasteiger partial charge is 0.148 e. The molecule has 9 nitrogen and oxygen atoms in total. The van der Waals surface area contributed by atoms with E-state index in [4.69, 9.17) is 4.74 Å². The maximum atomic E-state index is 11.2. The van der Waals surface area contributed by atoms with Crippen molar-refractivity contribution in [2.24, 2.45) is 0 Å². The zero-order chi connectivity index (χ0) is 27.1. The summed E-state index contributed by atoms with van der Waals surface area (Å²) in [6, 6.07) is 22.3. The number of unbranched alkanes of at least 4 members (excludes halogenated alkanes) is 1. The van der Waals surface area contributed by atoms with Crippen LogP contribution in [0.2, 0.25) is 0 Å². The topological polar surface area (TPSA) is 111 Å². The SMILES string of the molecule is CS(=O)(=O)CCNCCCCOc1ccc2ncnc(Nc3ccc4c(cnn4Cc4ccccc4)c3)c2c1. The van der Waals surface area contributed by atoms with E-state index in [0.717, 1.165) is 59.2 Å². The Hall–Kier alpha value is -4.02. The van der Waals surface area contributed by atoms with Crippen molar-refractivity contribution >= 4 is 43.1 Å². The zero-order valence-electron chi connectivity index (χ0n) is 21.9. The summed E-state index contributed by atoms with van der Waals surface area (Å²) in [5.41, 5.74) is 4.01. The number of sulfone groups is 1. The lowest BCUT2D eigenvalue weighted by Crippen LogP contribution is -2.23. The average Bonchev–Trinajstić information content (AvgIpc) is 3.32. The molecular formula is C29H32N6O3S. The summed E-state index contributed by atoms with van der Waals surface area (Å²) in [6.45, 7) is 2.52. The maximum Gasteiger partial charge on any atom is 0.148 e. The van der Waals surface area contributed by atoms with Crippen LogP contribution < -0.4 is 15.4 Å². The Morgan fingerprint density at radius 3 is 2.67 bits per heavy atom. The summed E-state index contributed by atoms with van der Waals surface area (Å²) >= 11 is 0. The second-order valence-electron chi connectivity index (χ2n) is 9.52. The fraction of sp³-hybridized carbons (Fsp3) is 0.276. The van der Waals surface area contributed by atoms with Crippen molar-refractivity contribution in [3.63, 3.8) is 0 Å². The molecule has 0 aliphatic heterocycles. The Balaban J connectivity index is 1.21. The van der Waals surface area contributed by atoms with E-state index in [2.05, 4.69) is 50.0 Å². The first kappa shape index (κ1) is 26.6. The minimum atomic E-state index is -2.93. The highest BCUT2D eigenvalue weighted by atomic mass is 32.2. The average molecular weight is 545 g/mol. The molecule has 0 aliphatic carbocycles. The van der Waals surface area contributed by atoms with Gasteiger partial charge < -0.3 is 15.4 Å². The Morgan fingerprint density at radius 1 is 0.949 bits per heavy atom. The van der Waals surface area contributed by atoms with Gasteiger partial charge in [0.05, 0.1) is 36.1 Å². The summed E-state index contributed by atoms with van der Waals surface area (Å²) in [6.07, 6.45) is 6.45. The van der Waals surface area contributed by atoms with Gasteiger partial charge in [-0.15, -0.1) is 0 Å². The summed E-state index contributed by atoms with van der Waals surface area (Å²) in [5.74, 6) is 1.62. The summed E-state index contributed by atoms with van der Waals surface area (Å²) in [5, 5.41) is 13.1. The van der Waals surface area contributed by atoms with E-state index in [1.165, 1.54) is 11.8 Å². The van der Waals surface area contributed by atoms with Crippen LogP contribution in [0.1, 0.15) is 18.4 Å². The Morgan fingerprint density at radius 2 is 1.82 bits per heavy atom. The number of ether oxygens (including phenoxy) is 1. The van der Waals surface area contributed by atoms with E-state index in [-0.39, 0.29) is 5.75 Å². The van der Waals surface area contributed by atoms with Gasteiger partial charge in [0.2, 0.25) is 0 Å². The number of nitrogens with zero attached hydrogens (tertiary/aromatic N) is 4. The lowest BCUT2D eigenvalue weighted by Gasteiger charge is -2.11. The molecule has 3 aromatic carbocycles. The monoisotopic (exact) mass is 544 g/mol. The van der Waals surface area contributed by atoms with Crippen LogP contribution in [0.15, 0.2) is 79.3 Å². The first-order chi connectivity index (χ1) is 18.9. The van der Waals surface area contributed by atoms with Crippen molar-refractivity contribution in [2.45, 2.75) is 19.4 Å². The predicted molar refractivity (Wildman–Crippen MR) is 155 cm³/mol. The molecule has 0 spiro atoms. The third kappa shape index (κ3) is 7.30. The van der Waals surface area contributed by atoms with Gasteiger partial charge in [0, 0.05) is 29.3 Å². The van der Waals surface area contributed by atoms with E-state index in [9.17, 15) is 8.42 Å². The van der Waals surface area contributed by atoms with E-state index in [1.807, 2.05) is 53.3 Å². The van der Waals surface area contributed by atoms with E-state index in [1.54, 1.807) is 6.33 Å². The number of aromatic nitrogens is 4. The lowest BCUT2D eigenvalue weighted by atomic mass is 10.2. The quantitative estimate of drug-likeness (QED) is 0.208. The molecule has 0 aliphatic rings. The highest BCUT2D eigenvalue weighted by molar-refractivity contribution is 7.90. The van der Waals surface area contributed by atoms with Crippen LogP contribution in [0.5, 0.6) is 5.75 Å². The van der Waals surface area contributed by atoms with Gasteiger partial charge in [0.1, 0.15) is 27.7 Å². The first-order valence-electron chi connectivity index (χ1n) is 13.0. The molecule has 10 heteroatoms. The number of nitrogens with one attached hydrogen (secondary N) is 2. The van der Waals surface area contributed by atoms with Crippen molar-refractivity contribution in [2.75, 3.05) is 37.0 Å². The molecule has 0 unspecified atom stereocenters. The largest absolute Gasteiger partial charge is 0.494 e. The normalized spacial score (nSPS) is 11.7. The second-order valence-corrected chi connectivity index (χ2v) is 11.8. The number of fused-ring (bicyclic) bond motifs is 2. The molecule has 202 valence electrons. The zero-order valence-corrected chi connectivity index (χ0v) is 22.7. The molecule has 39 heavy (non-hydrogen) atoms. The van der Waals surface area contributed by atoms with Crippen molar-refractivity contribution in [3.05, 3.63) is 84.8 Å². The van der Waals surface area contributed by atoms with Crippen LogP contribution in [-0.2, 0) is 16.4 Å². The van der Waals surface area contributed by atoms with Crippen molar-refractivity contribution < 1.29 is 13.2 Å². The third-order valence-electron chi connectivity index (χ3n) is 6.35. The molecular weight excluding hydrogens is 512 g/mol. The van der Waals surface area contributed by atoms with Gasteiger partial charge in [-0.05, 0) is 61.3 Å². The van der Waals surface area contributed by atoms with Gasteiger partial charge in [-0.3, -0.25) is 4.68 Å². The Kier molecular flexibility index (Phi) is 8.33. The van der Waals surface area contributed by atoms with Gasteiger partial charge in [-0.25, -0.2) is 18.4 Å². The fourth-order valence-corrected chi connectivity index (χ4v) is 4.85. The minimum absolute atomic E-state index is 0.158. The van der Waals surface area contributed by atoms with Crippen LogP contribution in [0.25, 0.3) is 21.8 Å². The van der Waals surface area contributed by atoms with Gasteiger partial charge in [0.15, 0.2) is 0 Å². The highest BCUT2D eigenvalue weighted by Gasteiger charge is 2.09. The Labute approximate surface area is 228 Å². The van der Waals surface area contributed by atoms with Crippen LogP contribution >= 0.6 is 0 Å². The van der Waals surface area contributed by atoms with E-state index >= 15 is 0 Å². The number of anilines is 2. The van der Waals surface area contributed by atoms with E-state index < -0.39 is 9.84 Å². The second kappa shape index (κ2) is 12.2. The maximum absolute atomic E-state index is 11.2. The number of rotatable bonds is 13. The molecule has 0 amide bonds. The van der Waals surface area contributed by atoms with Gasteiger partial charge in [-0.1, -0.05) is 30.3 Å². The summed E-state index contributed by atoms with van der Waals surface area (Å²) in [4.78, 5) is 8.89. The highest BCUT2D eigenvalue weighted by Crippen LogP contribution is 2.28. The van der Waals surface area contributed by atoms with Crippen LogP contribution in [-0.4, -0.2) is 59.9 Å². The molecule has 5 aromatic rings. The molecule has 0 saturated carbocycles. The van der Waals surface area contributed by atoms with Crippen molar-refractivity contribution in [3.8, 4) is 5.75 Å². The van der Waals surface area contributed by atoms with Crippen LogP contribution in [0, 0.1) is 0 Å². The molecule has 0 fully saturated rings. The fourth-order valence-electron chi connectivity index (χ4n) is 4.33. The molecule has 2 N–H and O–H groups in total. The van der Waals surface area contributed by atoms with Crippen molar-refractivity contribution in [1.82, 2.24) is 25.1 Å². The van der Waals surface area contributed by atoms with Gasteiger partial charge in [0.25, 0.3) is 0 Å². The molecule has 2 aromatic heterocycles. The lowest BCUT2D eigenvalue weighted by molar-refractivity contribution is 0.306. The molecule has 0 bridgehead atoms. The number of hydrogen-bond acceptors (Lipinski definition) is 8. The third-order valence-corrected chi connectivity index (χ3v) is 7.30. The summed E-state index contributed by atoms with van der Waals surface area (Å²) < 4.78 is 30.3.